The monoisotopic (exact) mass is 252 g/mol. The number of rotatable bonds is 0. The van der Waals surface area contributed by atoms with Gasteiger partial charge in [0.1, 0.15) is 0 Å². The quantitative estimate of drug-likeness (QED) is 0.572. The Morgan fingerprint density at radius 2 is 1.50 bits per heavy atom. The molecule has 0 fully saturated rings. The Morgan fingerprint density at radius 1 is 0.750 bits per heavy atom. The van der Waals surface area contributed by atoms with Gasteiger partial charge in [-0.3, -0.25) is 4.98 Å². The number of hydrogen-bond acceptors (Lipinski definition) is 2. The van der Waals surface area contributed by atoms with Crippen LogP contribution in [0.4, 0.5) is 0 Å². The lowest BCUT2D eigenvalue weighted by Gasteiger charge is -1.99. The van der Waals surface area contributed by atoms with Gasteiger partial charge < -0.3 is 0 Å². The fourth-order valence-electron chi connectivity index (χ4n) is 1.60. The van der Waals surface area contributed by atoms with E-state index in [0.29, 0.717) is 0 Å². The smallest absolute Gasteiger partial charge is 0.0894 e. The number of para-hydroxylation sites is 1. The first-order chi connectivity index (χ1) is 6.93. The van der Waals surface area contributed by atoms with E-state index in [1.807, 2.05) is 30.3 Å². The highest BCUT2D eigenvalue weighted by Gasteiger charge is 1.97. The van der Waals surface area contributed by atoms with E-state index < -0.39 is 0 Å². The molecule has 0 spiro atoms. The Kier molecular flexibility index (Phi) is 4.05. The average molecular weight is 253 g/mol. The van der Waals surface area contributed by atoms with Crippen LogP contribution in [0, 0.1) is 0 Å². The van der Waals surface area contributed by atoms with Crippen molar-refractivity contribution >= 4 is 46.8 Å². The molecule has 3 aromatic rings. The van der Waals surface area contributed by atoms with Gasteiger partial charge >= 0.3 is 0 Å². The van der Waals surface area contributed by atoms with Crippen LogP contribution >= 0.6 is 24.8 Å². The van der Waals surface area contributed by atoms with Crippen molar-refractivity contribution in [1.29, 1.82) is 0 Å². The largest absolute Gasteiger partial charge is 0.255 e. The van der Waals surface area contributed by atoms with E-state index in [2.05, 4.69) is 22.1 Å². The number of pyridine rings is 2. The zero-order valence-corrected chi connectivity index (χ0v) is 9.96. The summed E-state index contributed by atoms with van der Waals surface area (Å²) >= 11 is 0. The SMILES string of the molecule is Cl.Cl.c1ccc2nc3cccnc3cc2c1. The van der Waals surface area contributed by atoms with Gasteiger partial charge in [-0.15, -0.1) is 24.8 Å². The van der Waals surface area contributed by atoms with E-state index >= 15 is 0 Å². The first-order valence-corrected chi connectivity index (χ1v) is 4.54. The minimum absolute atomic E-state index is 0. The van der Waals surface area contributed by atoms with Crippen LogP contribution in [-0.4, -0.2) is 9.97 Å². The van der Waals surface area contributed by atoms with Crippen molar-refractivity contribution in [2.75, 3.05) is 0 Å². The van der Waals surface area contributed by atoms with Gasteiger partial charge in [0.15, 0.2) is 0 Å². The van der Waals surface area contributed by atoms with Gasteiger partial charge in [-0.2, -0.15) is 0 Å². The van der Waals surface area contributed by atoms with Gasteiger partial charge in [-0.05, 0) is 24.3 Å². The summed E-state index contributed by atoms with van der Waals surface area (Å²) in [7, 11) is 0. The summed E-state index contributed by atoms with van der Waals surface area (Å²) in [6, 6.07) is 14.0. The van der Waals surface area contributed by atoms with Gasteiger partial charge in [0.2, 0.25) is 0 Å². The molecule has 0 atom stereocenters. The zero-order chi connectivity index (χ0) is 9.38. The van der Waals surface area contributed by atoms with E-state index in [4.69, 9.17) is 0 Å². The molecule has 0 saturated heterocycles. The lowest BCUT2D eigenvalue weighted by Crippen LogP contribution is -1.83. The van der Waals surface area contributed by atoms with Crippen LogP contribution in [0.15, 0.2) is 48.7 Å². The number of aromatic nitrogens is 2. The summed E-state index contributed by atoms with van der Waals surface area (Å²) in [5.74, 6) is 0. The number of halogens is 2. The van der Waals surface area contributed by atoms with E-state index in [1.54, 1.807) is 6.20 Å². The maximum absolute atomic E-state index is 4.52. The lowest BCUT2D eigenvalue weighted by atomic mass is 10.2. The highest BCUT2D eigenvalue weighted by molar-refractivity contribution is 5.90. The van der Waals surface area contributed by atoms with Gasteiger partial charge in [-0.25, -0.2) is 4.98 Å². The van der Waals surface area contributed by atoms with Gasteiger partial charge in [0.25, 0.3) is 0 Å². The van der Waals surface area contributed by atoms with E-state index in [0.717, 1.165) is 21.9 Å². The highest BCUT2D eigenvalue weighted by Crippen LogP contribution is 2.16. The van der Waals surface area contributed by atoms with Crippen LogP contribution in [0.5, 0.6) is 0 Å². The Morgan fingerprint density at radius 3 is 2.38 bits per heavy atom. The molecule has 2 aromatic heterocycles. The molecule has 0 N–H and O–H groups in total. The average Bonchev–Trinajstić information content (AvgIpc) is 2.26. The Hall–Kier alpha value is -1.38. The topological polar surface area (TPSA) is 25.8 Å². The summed E-state index contributed by atoms with van der Waals surface area (Å²) in [6.45, 7) is 0. The van der Waals surface area contributed by atoms with Crippen LogP contribution in [0.2, 0.25) is 0 Å². The molecule has 0 saturated carbocycles. The summed E-state index contributed by atoms with van der Waals surface area (Å²) in [4.78, 5) is 8.78. The number of benzene rings is 1. The molecule has 0 aliphatic heterocycles. The molecule has 0 unspecified atom stereocenters. The van der Waals surface area contributed by atoms with Gasteiger partial charge in [0.05, 0.1) is 16.6 Å². The maximum Gasteiger partial charge on any atom is 0.0894 e. The van der Waals surface area contributed by atoms with Crippen molar-refractivity contribution in [3.05, 3.63) is 48.7 Å². The molecule has 16 heavy (non-hydrogen) atoms. The second-order valence-corrected chi connectivity index (χ2v) is 3.22. The summed E-state index contributed by atoms with van der Waals surface area (Å²) in [6.07, 6.45) is 1.79. The third-order valence-corrected chi connectivity index (χ3v) is 2.29. The Labute approximate surface area is 106 Å². The van der Waals surface area contributed by atoms with Gasteiger partial charge in [0, 0.05) is 11.6 Å². The molecule has 3 rings (SSSR count). The van der Waals surface area contributed by atoms with Crippen LogP contribution in [0.25, 0.3) is 21.9 Å². The predicted octanol–water partition coefficient (Wildman–Crippen LogP) is 3.63. The molecular weight excluding hydrogens is 243 g/mol. The third kappa shape index (κ3) is 2.08. The Balaban J connectivity index is 0.000000640. The van der Waals surface area contributed by atoms with Crippen molar-refractivity contribution in [2.24, 2.45) is 0 Å². The van der Waals surface area contributed by atoms with Crippen LogP contribution in [0.3, 0.4) is 0 Å². The molecule has 0 amide bonds. The second kappa shape index (κ2) is 5.10. The van der Waals surface area contributed by atoms with E-state index in [1.165, 1.54) is 0 Å². The molecule has 0 aliphatic rings. The molecular formula is C12H10Cl2N2. The lowest BCUT2D eigenvalue weighted by molar-refractivity contribution is 1.38. The molecule has 2 heterocycles. The van der Waals surface area contributed by atoms with Crippen LogP contribution < -0.4 is 0 Å². The summed E-state index contributed by atoms with van der Waals surface area (Å²) < 4.78 is 0. The first kappa shape index (κ1) is 12.7. The number of nitrogens with zero attached hydrogens (tertiary/aromatic N) is 2. The number of fused-ring (bicyclic) bond motifs is 2. The minimum Gasteiger partial charge on any atom is -0.255 e. The highest BCUT2D eigenvalue weighted by atomic mass is 35.5. The van der Waals surface area contributed by atoms with E-state index in [9.17, 15) is 0 Å². The first-order valence-electron chi connectivity index (χ1n) is 4.54. The standard InChI is InChI=1S/C12H8N2.2ClH/c1-2-5-10-9(4-1)8-12-11(14-10)6-3-7-13-12;;/h1-8H;2*1H. The van der Waals surface area contributed by atoms with Crippen LogP contribution in [0.1, 0.15) is 0 Å². The summed E-state index contributed by atoms with van der Waals surface area (Å²) in [5, 5.41) is 1.14. The third-order valence-electron chi connectivity index (χ3n) is 2.29. The normalized spacial score (nSPS) is 9.50. The molecule has 2 nitrogen and oxygen atoms in total. The van der Waals surface area contributed by atoms with E-state index in [-0.39, 0.29) is 24.8 Å². The van der Waals surface area contributed by atoms with Crippen molar-refractivity contribution in [3.63, 3.8) is 0 Å². The van der Waals surface area contributed by atoms with Crippen molar-refractivity contribution in [1.82, 2.24) is 9.97 Å². The molecule has 4 heteroatoms. The predicted molar refractivity (Wildman–Crippen MR) is 71.5 cm³/mol. The fraction of sp³-hybridized carbons (Fsp3) is 0. The van der Waals surface area contributed by atoms with Crippen LogP contribution in [-0.2, 0) is 0 Å². The molecule has 82 valence electrons. The Bertz CT molecular complexity index is 506. The molecule has 0 bridgehead atoms. The minimum atomic E-state index is 0. The van der Waals surface area contributed by atoms with Crippen molar-refractivity contribution < 1.29 is 0 Å². The van der Waals surface area contributed by atoms with Crippen molar-refractivity contribution in [3.8, 4) is 0 Å². The number of hydrogen-bond donors (Lipinski definition) is 0. The fourth-order valence-corrected chi connectivity index (χ4v) is 1.60. The summed E-state index contributed by atoms with van der Waals surface area (Å²) in [5.41, 5.74) is 2.92. The second-order valence-electron chi connectivity index (χ2n) is 3.22. The zero-order valence-electron chi connectivity index (χ0n) is 8.33. The molecule has 0 radical (unpaired) electrons. The molecule has 0 aliphatic carbocycles. The van der Waals surface area contributed by atoms with Gasteiger partial charge in [-0.1, -0.05) is 18.2 Å². The molecule has 1 aromatic carbocycles. The van der Waals surface area contributed by atoms with Crippen molar-refractivity contribution in [2.45, 2.75) is 0 Å². The maximum atomic E-state index is 4.52.